The standard InChI is InChI=1S/C22H22FN3O3/c1-15-22(16(2)26(25-15)19-6-4-3-5-7-19)24-20(27)14-29-21(28)13-10-17-8-11-18(23)12-9-17/h3-9,11-12H,10,13-14H2,1-2H3,(H,24,27). The Balaban J connectivity index is 1.52. The number of ether oxygens (including phenoxy) is 1. The average molecular weight is 395 g/mol. The predicted molar refractivity (Wildman–Crippen MR) is 107 cm³/mol. The number of aryl methyl sites for hydroxylation is 2. The summed E-state index contributed by atoms with van der Waals surface area (Å²) in [5, 5.41) is 7.23. The Morgan fingerprint density at radius 3 is 2.45 bits per heavy atom. The number of anilines is 1. The first-order valence-corrected chi connectivity index (χ1v) is 9.25. The van der Waals surface area contributed by atoms with Crippen molar-refractivity contribution in [2.24, 2.45) is 0 Å². The molecular formula is C22H22FN3O3. The number of aromatic nitrogens is 2. The van der Waals surface area contributed by atoms with E-state index in [1.54, 1.807) is 23.7 Å². The molecular weight excluding hydrogens is 373 g/mol. The second kappa shape index (κ2) is 9.14. The molecule has 1 aromatic heterocycles. The third-order valence-corrected chi connectivity index (χ3v) is 4.45. The first kappa shape index (κ1) is 20.3. The van der Waals surface area contributed by atoms with Crippen LogP contribution in [0.2, 0.25) is 0 Å². The molecule has 6 nitrogen and oxygen atoms in total. The van der Waals surface area contributed by atoms with E-state index in [9.17, 15) is 14.0 Å². The van der Waals surface area contributed by atoms with Gasteiger partial charge in [-0.2, -0.15) is 5.10 Å². The molecule has 150 valence electrons. The van der Waals surface area contributed by atoms with Crippen molar-refractivity contribution in [1.29, 1.82) is 0 Å². The lowest BCUT2D eigenvalue weighted by Crippen LogP contribution is -2.21. The lowest BCUT2D eigenvalue weighted by atomic mass is 10.1. The molecule has 7 heteroatoms. The van der Waals surface area contributed by atoms with Gasteiger partial charge in [0.1, 0.15) is 5.82 Å². The summed E-state index contributed by atoms with van der Waals surface area (Å²) < 4.78 is 19.7. The zero-order valence-electron chi connectivity index (χ0n) is 16.3. The van der Waals surface area contributed by atoms with Crippen LogP contribution in [0.3, 0.4) is 0 Å². The zero-order valence-corrected chi connectivity index (χ0v) is 16.3. The van der Waals surface area contributed by atoms with Gasteiger partial charge in [0.25, 0.3) is 5.91 Å². The van der Waals surface area contributed by atoms with Crippen LogP contribution in [-0.2, 0) is 20.7 Å². The smallest absolute Gasteiger partial charge is 0.306 e. The molecule has 0 aliphatic rings. The van der Waals surface area contributed by atoms with E-state index in [0.29, 0.717) is 17.8 Å². The Kier molecular flexibility index (Phi) is 6.39. The Morgan fingerprint density at radius 1 is 1.07 bits per heavy atom. The molecule has 3 aromatic rings. The molecule has 0 radical (unpaired) electrons. The third-order valence-electron chi connectivity index (χ3n) is 4.45. The van der Waals surface area contributed by atoms with Crippen molar-refractivity contribution in [2.45, 2.75) is 26.7 Å². The molecule has 0 unspecified atom stereocenters. The minimum atomic E-state index is -0.488. The maximum absolute atomic E-state index is 12.9. The molecule has 0 saturated carbocycles. The Morgan fingerprint density at radius 2 is 1.76 bits per heavy atom. The summed E-state index contributed by atoms with van der Waals surface area (Å²) in [7, 11) is 0. The molecule has 0 atom stereocenters. The van der Waals surface area contributed by atoms with Gasteiger partial charge in [-0.1, -0.05) is 30.3 Å². The van der Waals surface area contributed by atoms with Gasteiger partial charge in [0.2, 0.25) is 0 Å². The SMILES string of the molecule is Cc1nn(-c2ccccc2)c(C)c1NC(=O)COC(=O)CCc1ccc(F)cc1. The van der Waals surface area contributed by atoms with Crippen molar-refractivity contribution in [2.75, 3.05) is 11.9 Å². The van der Waals surface area contributed by atoms with Gasteiger partial charge in [-0.25, -0.2) is 9.07 Å². The van der Waals surface area contributed by atoms with Crippen molar-refractivity contribution >= 4 is 17.6 Å². The molecule has 2 aromatic carbocycles. The van der Waals surface area contributed by atoms with Gasteiger partial charge in [-0.05, 0) is 50.1 Å². The second-order valence-electron chi connectivity index (χ2n) is 6.63. The van der Waals surface area contributed by atoms with Crippen molar-refractivity contribution in [3.05, 3.63) is 77.4 Å². The minimum Gasteiger partial charge on any atom is -0.456 e. The fraction of sp³-hybridized carbons (Fsp3) is 0.227. The van der Waals surface area contributed by atoms with Crippen molar-refractivity contribution < 1.29 is 18.7 Å². The van der Waals surface area contributed by atoms with Crippen molar-refractivity contribution in [3.63, 3.8) is 0 Å². The van der Waals surface area contributed by atoms with Crippen molar-refractivity contribution in [3.8, 4) is 5.69 Å². The molecule has 1 amide bonds. The van der Waals surface area contributed by atoms with E-state index in [1.807, 2.05) is 37.3 Å². The van der Waals surface area contributed by atoms with Crippen molar-refractivity contribution in [1.82, 2.24) is 9.78 Å². The summed E-state index contributed by atoms with van der Waals surface area (Å²) in [6.45, 7) is 3.28. The topological polar surface area (TPSA) is 73.2 Å². The van der Waals surface area contributed by atoms with Gasteiger partial charge >= 0.3 is 5.97 Å². The molecule has 3 rings (SSSR count). The van der Waals surface area contributed by atoms with Crippen LogP contribution < -0.4 is 5.32 Å². The van der Waals surface area contributed by atoms with Crippen LogP contribution >= 0.6 is 0 Å². The summed E-state index contributed by atoms with van der Waals surface area (Å²) in [6, 6.07) is 15.5. The molecule has 1 N–H and O–H groups in total. The van der Waals surface area contributed by atoms with Crippen LogP contribution in [0.25, 0.3) is 5.69 Å². The number of hydrogen-bond donors (Lipinski definition) is 1. The lowest BCUT2D eigenvalue weighted by Gasteiger charge is -2.08. The van der Waals surface area contributed by atoms with Gasteiger partial charge in [0.15, 0.2) is 6.61 Å². The van der Waals surface area contributed by atoms with Crippen LogP contribution in [0, 0.1) is 19.7 Å². The minimum absolute atomic E-state index is 0.114. The van der Waals surface area contributed by atoms with E-state index < -0.39 is 11.9 Å². The largest absolute Gasteiger partial charge is 0.456 e. The number of esters is 1. The van der Waals surface area contributed by atoms with E-state index >= 15 is 0 Å². The number of nitrogens with zero attached hydrogens (tertiary/aromatic N) is 2. The summed E-state index contributed by atoms with van der Waals surface area (Å²) in [5.41, 5.74) is 3.77. The maximum atomic E-state index is 12.9. The monoisotopic (exact) mass is 395 g/mol. The molecule has 0 aliphatic heterocycles. The van der Waals surface area contributed by atoms with Gasteiger partial charge in [-0.3, -0.25) is 9.59 Å². The third kappa shape index (κ3) is 5.28. The number of rotatable bonds is 7. The molecule has 29 heavy (non-hydrogen) atoms. The Labute approximate surface area is 168 Å². The lowest BCUT2D eigenvalue weighted by molar-refractivity contribution is -0.147. The van der Waals surface area contributed by atoms with E-state index in [2.05, 4.69) is 10.4 Å². The van der Waals surface area contributed by atoms with Gasteiger partial charge in [0.05, 0.1) is 22.8 Å². The highest BCUT2D eigenvalue weighted by Gasteiger charge is 2.16. The predicted octanol–water partition coefficient (Wildman–Crippen LogP) is 3.74. The van der Waals surface area contributed by atoms with Gasteiger partial charge < -0.3 is 10.1 Å². The number of halogens is 1. The van der Waals surface area contributed by atoms with Crippen LogP contribution in [0.5, 0.6) is 0 Å². The average Bonchev–Trinajstić information content (AvgIpc) is 3.00. The van der Waals surface area contributed by atoms with Crippen LogP contribution in [0.15, 0.2) is 54.6 Å². The second-order valence-corrected chi connectivity index (χ2v) is 6.63. The van der Waals surface area contributed by atoms with Crippen LogP contribution in [-0.4, -0.2) is 28.3 Å². The quantitative estimate of drug-likeness (QED) is 0.619. The van der Waals surface area contributed by atoms with Crippen LogP contribution in [0.1, 0.15) is 23.4 Å². The Bertz CT molecular complexity index is 998. The van der Waals surface area contributed by atoms with E-state index in [0.717, 1.165) is 16.9 Å². The summed E-state index contributed by atoms with van der Waals surface area (Å²) in [4.78, 5) is 24.1. The summed E-state index contributed by atoms with van der Waals surface area (Å²) in [5.74, 6) is -1.24. The number of hydrogen-bond acceptors (Lipinski definition) is 4. The first-order chi connectivity index (χ1) is 13.9. The number of para-hydroxylation sites is 1. The van der Waals surface area contributed by atoms with Gasteiger partial charge in [-0.15, -0.1) is 0 Å². The van der Waals surface area contributed by atoms with Crippen LogP contribution in [0.4, 0.5) is 10.1 Å². The summed E-state index contributed by atoms with van der Waals surface area (Å²) in [6.07, 6.45) is 0.533. The number of nitrogens with one attached hydrogen (secondary N) is 1. The maximum Gasteiger partial charge on any atom is 0.306 e. The highest BCUT2D eigenvalue weighted by molar-refractivity contribution is 5.93. The molecule has 0 aliphatic carbocycles. The zero-order chi connectivity index (χ0) is 20.8. The molecule has 0 fully saturated rings. The summed E-state index contributed by atoms with van der Waals surface area (Å²) >= 11 is 0. The number of amides is 1. The van der Waals surface area contributed by atoms with E-state index in [-0.39, 0.29) is 18.8 Å². The molecule has 1 heterocycles. The molecule has 0 saturated heterocycles. The number of benzene rings is 2. The number of carbonyl (C=O) groups excluding carboxylic acids is 2. The molecule has 0 spiro atoms. The molecule has 0 bridgehead atoms. The normalized spacial score (nSPS) is 10.6. The number of carbonyl (C=O) groups is 2. The fourth-order valence-corrected chi connectivity index (χ4v) is 2.94. The Hall–Kier alpha value is -3.48. The van der Waals surface area contributed by atoms with E-state index in [1.165, 1.54) is 12.1 Å². The van der Waals surface area contributed by atoms with E-state index in [4.69, 9.17) is 4.74 Å². The highest BCUT2D eigenvalue weighted by atomic mass is 19.1. The fourth-order valence-electron chi connectivity index (χ4n) is 2.94. The first-order valence-electron chi connectivity index (χ1n) is 9.25. The highest BCUT2D eigenvalue weighted by Crippen LogP contribution is 2.22. The van der Waals surface area contributed by atoms with Gasteiger partial charge in [0, 0.05) is 6.42 Å².